The van der Waals surface area contributed by atoms with Gasteiger partial charge in [-0.25, -0.2) is 0 Å². The molecule has 0 aliphatic carbocycles. The van der Waals surface area contributed by atoms with Gasteiger partial charge in [-0.05, 0) is 40.8 Å². The van der Waals surface area contributed by atoms with E-state index in [2.05, 4.69) is 10.5 Å². The number of hydrogen-bond donors (Lipinski definition) is 1. The summed E-state index contributed by atoms with van der Waals surface area (Å²) in [6, 6.07) is 13.6. The number of amides is 1. The van der Waals surface area contributed by atoms with Gasteiger partial charge >= 0.3 is 6.18 Å². The minimum atomic E-state index is -4.49. The molecule has 25 heavy (non-hydrogen) atoms. The predicted octanol–water partition coefficient (Wildman–Crippen LogP) is 5.22. The third-order valence-corrected chi connectivity index (χ3v) is 4.29. The van der Waals surface area contributed by atoms with Crippen molar-refractivity contribution in [2.45, 2.75) is 6.18 Å². The second-order valence-corrected chi connectivity index (χ2v) is 6.25. The fourth-order valence-corrected chi connectivity index (χ4v) is 2.58. The Kier molecular flexibility index (Phi) is 4.80. The van der Waals surface area contributed by atoms with Crippen LogP contribution < -0.4 is 5.32 Å². The quantitative estimate of drug-likeness (QED) is 0.548. The number of benzene rings is 2. The second-order valence-electron chi connectivity index (χ2n) is 5.09. The molecule has 3 aromatic rings. The molecule has 4 nitrogen and oxygen atoms in total. The molecule has 0 aliphatic heterocycles. The molecule has 1 amide bonds. The fraction of sp³-hybridized carbons (Fsp3) is 0.0588. The molecule has 1 heterocycles. The van der Waals surface area contributed by atoms with Crippen LogP contribution in [0.2, 0.25) is 0 Å². The lowest BCUT2D eigenvalue weighted by atomic mass is 10.1. The number of rotatable bonds is 3. The first kappa shape index (κ1) is 17.5. The van der Waals surface area contributed by atoms with E-state index in [0.717, 1.165) is 17.7 Å². The van der Waals surface area contributed by atoms with Gasteiger partial charge in [-0.15, -0.1) is 0 Å². The van der Waals surface area contributed by atoms with E-state index in [4.69, 9.17) is 4.52 Å². The van der Waals surface area contributed by atoms with Gasteiger partial charge in [-0.2, -0.15) is 13.2 Å². The Bertz CT molecular complexity index is 908. The van der Waals surface area contributed by atoms with E-state index in [-0.39, 0.29) is 11.4 Å². The van der Waals surface area contributed by atoms with Crippen LogP contribution in [0.1, 0.15) is 16.1 Å². The van der Waals surface area contributed by atoms with Gasteiger partial charge in [0.2, 0.25) is 5.76 Å². The normalized spacial score (nSPS) is 11.4. The fourth-order valence-electron chi connectivity index (χ4n) is 2.11. The Morgan fingerprint density at radius 2 is 1.80 bits per heavy atom. The lowest BCUT2D eigenvalue weighted by Gasteiger charge is -2.11. The van der Waals surface area contributed by atoms with Crippen molar-refractivity contribution in [1.29, 1.82) is 0 Å². The van der Waals surface area contributed by atoms with Gasteiger partial charge in [-0.3, -0.25) is 4.79 Å². The maximum absolute atomic E-state index is 12.8. The maximum atomic E-state index is 12.8. The Hall–Kier alpha value is -2.36. The molecule has 0 saturated carbocycles. The Labute approximate surface area is 154 Å². The van der Waals surface area contributed by atoms with Crippen LogP contribution in [0.4, 0.5) is 18.9 Å². The zero-order chi connectivity index (χ0) is 18.0. The van der Waals surface area contributed by atoms with Crippen molar-refractivity contribution in [3.05, 3.63) is 69.5 Å². The van der Waals surface area contributed by atoms with Crippen molar-refractivity contribution in [3.8, 4) is 11.3 Å². The summed E-state index contributed by atoms with van der Waals surface area (Å²) in [7, 11) is 0. The molecule has 8 heteroatoms. The zero-order valence-electron chi connectivity index (χ0n) is 12.5. The molecule has 0 radical (unpaired) electrons. The van der Waals surface area contributed by atoms with Crippen molar-refractivity contribution in [2.24, 2.45) is 0 Å². The number of carbonyl (C=O) groups is 1. The lowest BCUT2D eigenvalue weighted by Crippen LogP contribution is -2.13. The summed E-state index contributed by atoms with van der Waals surface area (Å²) in [6.07, 6.45) is -4.49. The molecule has 0 unspecified atom stereocenters. The molecular weight excluding hydrogens is 448 g/mol. The molecule has 0 saturated heterocycles. The van der Waals surface area contributed by atoms with Crippen molar-refractivity contribution in [1.82, 2.24) is 5.16 Å². The van der Waals surface area contributed by atoms with Gasteiger partial charge < -0.3 is 9.84 Å². The highest BCUT2D eigenvalue weighted by molar-refractivity contribution is 14.1. The van der Waals surface area contributed by atoms with E-state index < -0.39 is 17.6 Å². The first-order valence-corrected chi connectivity index (χ1v) is 8.13. The van der Waals surface area contributed by atoms with E-state index in [1.165, 1.54) is 12.1 Å². The summed E-state index contributed by atoms with van der Waals surface area (Å²) in [5, 5.41) is 6.23. The minimum absolute atomic E-state index is 0.0538. The summed E-state index contributed by atoms with van der Waals surface area (Å²) >= 11 is 1.84. The molecular formula is C17H10F3IN2O2. The molecule has 0 spiro atoms. The van der Waals surface area contributed by atoms with Crippen LogP contribution in [0, 0.1) is 3.57 Å². The summed E-state index contributed by atoms with van der Waals surface area (Å²) in [4.78, 5) is 12.2. The van der Waals surface area contributed by atoms with Crippen LogP contribution in [0.25, 0.3) is 11.3 Å². The van der Waals surface area contributed by atoms with E-state index in [1.807, 2.05) is 40.8 Å². The molecule has 0 atom stereocenters. The largest absolute Gasteiger partial charge is 0.416 e. The number of nitrogens with zero attached hydrogens (tertiary/aromatic N) is 1. The Morgan fingerprint density at radius 3 is 2.48 bits per heavy atom. The van der Waals surface area contributed by atoms with Crippen molar-refractivity contribution in [2.75, 3.05) is 5.32 Å². The van der Waals surface area contributed by atoms with Gasteiger partial charge in [0.05, 0.1) is 11.3 Å². The van der Waals surface area contributed by atoms with E-state index >= 15 is 0 Å². The van der Waals surface area contributed by atoms with Crippen molar-refractivity contribution < 1.29 is 22.5 Å². The first-order valence-electron chi connectivity index (χ1n) is 7.05. The lowest BCUT2D eigenvalue weighted by molar-refractivity contribution is -0.137. The van der Waals surface area contributed by atoms with E-state index in [1.54, 1.807) is 12.1 Å². The van der Waals surface area contributed by atoms with Crippen LogP contribution in [0.15, 0.2) is 59.1 Å². The molecule has 128 valence electrons. The molecule has 1 aromatic heterocycles. The predicted molar refractivity (Wildman–Crippen MR) is 94.1 cm³/mol. The Morgan fingerprint density at radius 1 is 1.08 bits per heavy atom. The number of anilines is 1. The minimum Gasteiger partial charge on any atom is -0.350 e. The number of halogens is 4. The van der Waals surface area contributed by atoms with Crippen LogP contribution in [0.3, 0.4) is 0 Å². The zero-order valence-corrected chi connectivity index (χ0v) is 14.6. The highest BCUT2D eigenvalue weighted by atomic mass is 127. The summed E-state index contributed by atoms with van der Waals surface area (Å²) < 4.78 is 43.9. The van der Waals surface area contributed by atoms with Crippen LogP contribution >= 0.6 is 22.6 Å². The standard InChI is InChI=1S/C17H10F3IN2O2/c18-17(19,20)11-6-7-12(21)14(8-11)22-16(24)15-9-13(23-25-15)10-4-2-1-3-5-10/h1-9H,(H,22,24). The van der Waals surface area contributed by atoms with E-state index in [9.17, 15) is 18.0 Å². The van der Waals surface area contributed by atoms with Crippen LogP contribution in [-0.4, -0.2) is 11.1 Å². The van der Waals surface area contributed by atoms with Crippen molar-refractivity contribution in [3.63, 3.8) is 0 Å². The molecule has 0 bridgehead atoms. The SMILES string of the molecule is O=C(Nc1cc(C(F)(F)F)ccc1I)c1cc(-c2ccccc2)no1. The first-order chi connectivity index (χ1) is 11.8. The summed E-state index contributed by atoms with van der Waals surface area (Å²) in [6.45, 7) is 0. The topological polar surface area (TPSA) is 55.1 Å². The number of hydrogen-bond acceptors (Lipinski definition) is 3. The number of carbonyl (C=O) groups excluding carboxylic acids is 1. The third kappa shape index (κ3) is 4.01. The molecule has 2 aromatic carbocycles. The van der Waals surface area contributed by atoms with Gasteiger partial charge in [-0.1, -0.05) is 35.5 Å². The smallest absolute Gasteiger partial charge is 0.350 e. The molecule has 1 N–H and O–H groups in total. The highest BCUT2D eigenvalue weighted by Gasteiger charge is 2.31. The van der Waals surface area contributed by atoms with Gasteiger partial charge in [0.15, 0.2) is 0 Å². The average molecular weight is 458 g/mol. The molecule has 3 rings (SSSR count). The third-order valence-electron chi connectivity index (χ3n) is 3.35. The monoisotopic (exact) mass is 458 g/mol. The molecule has 0 fully saturated rings. The second kappa shape index (κ2) is 6.87. The van der Waals surface area contributed by atoms with Crippen LogP contribution in [-0.2, 0) is 6.18 Å². The van der Waals surface area contributed by atoms with Crippen molar-refractivity contribution >= 4 is 34.2 Å². The average Bonchev–Trinajstić information content (AvgIpc) is 3.07. The van der Waals surface area contributed by atoms with Gasteiger partial charge in [0.25, 0.3) is 5.91 Å². The van der Waals surface area contributed by atoms with Crippen LogP contribution in [0.5, 0.6) is 0 Å². The Balaban J connectivity index is 1.83. The van der Waals surface area contributed by atoms with Gasteiger partial charge in [0, 0.05) is 15.2 Å². The number of nitrogens with one attached hydrogen (secondary N) is 1. The molecule has 0 aliphatic rings. The van der Waals surface area contributed by atoms with Gasteiger partial charge in [0.1, 0.15) is 5.69 Å². The summed E-state index contributed by atoms with van der Waals surface area (Å²) in [5.41, 5.74) is 0.437. The van der Waals surface area contributed by atoms with E-state index in [0.29, 0.717) is 9.26 Å². The number of alkyl halides is 3. The highest BCUT2D eigenvalue weighted by Crippen LogP contribution is 2.33. The maximum Gasteiger partial charge on any atom is 0.416 e. The number of aromatic nitrogens is 1. The summed E-state index contributed by atoms with van der Waals surface area (Å²) in [5.74, 6) is -0.765.